The number of hydrogen-bond acceptors (Lipinski definition) is 7. The van der Waals surface area contributed by atoms with Crippen LogP contribution in [-0.2, 0) is 4.79 Å². The maximum Gasteiger partial charge on any atom is 0.433 e. The Morgan fingerprint density at radius 1 is 1.26 bits per heavy atom. The monoisotopic (exact) mass is 500 g/mol. The lowest BCUT2D eigenvalue weighted by molar-refractivity contribution is -0.402. The van der Waals surface area contributed by atoms with E-state index in [-0.39, 0.29) is 21.8 Å². The number of furan rings is 1. The molecule has 2 aromatic heterocycles. The second-order valence-corrected chi connectivity index (χ2v) is 8.99. The highest BCUT2D eigenvalue weighted by Crippen LogP contribution is 2.31. The van der Waals surface area contributed by atoms with Gasteiger partial charge >= 0.3 is 5.88 Å². The number of rotatable bonds is 6. The smallest absolute Gasteiger partial charge is 0.401 e. The molecule has 11 heteroatoms. The third-order valence-corrected chi connectivity index (χ3v) is 6.79. The molecule has 1 unspecified atom stereocenters. The van der Waals surface area contributed by atoms with Crippen LogP contribution in [0.2, 0.25) is 5.02 Å². The molecule has 0 fully saturated rings. The molecule has 9 nitrogen and oxygen atoms in total. The van der Waals surface area contributed by atoms with Gasteiger partial charge in [0.05, 0.1) is 27.9 Å². The van der Waals surface area contributed by atoms with Gasteiger partial charge in [0.2, 0.25) is 0 Å². The number of aromatic nitrogens is 1. The lowest BCUT2D eigenvalue weighted by atomic mass is 9.94. The van der Waals surface area contributed by atoms with Crippen molar-refractivity contribution >= 4 is 40.8 Å². The molecular weight excluding hydrogens is 480 g/mol. The van der Waals surface area contributed by atoms with Gasteiger partial charge in [-0.2, -0.15) is 0 Å². The van der Waals surface area contributed by atoms with Crippen molar-refractivity contribution in [2.75, 3.05) is 13.1 Å². The van der Waals surface area contributed by atoms with Crippen molar-refractivity contribution in [3.8, 4) is 0 Å². The van der Waals surface area contributed by atoms with E-state index in [1.54, 1.807) is 36.1 Å². The number of allylic oxidation sites excluding steroid dienone is 1. The highest BCUT2D eigenvalue weighted by molar-refractivity contribution is 7.07. The summed E-state index contributed by atoms with van der Waals surface area (Å²) in [5.41, 5.74) is 1.28. The summed E-state index contributed by atoms with van der Waals surface area (Å²) in [5, 5.41) is 11.5. The predicted octanol–water partition coefficient (Wildman–Crippen LogP) is 3.26. The van der Waals surface area contributed by atoms with Crippen LogP contribution in [0.3, 0.4) is 0 Å². The molecule has 0 saturated carbocycles. The van der Waals surface area contributed by atoms with Crippen molar-refractivity contribution in [1.29, 1.82) is 0 Å². The average molecular weight is 501 g/mol. The van der Waals surface area contributed by atoms with E-state index >= 15 is 0 Å². The number of nitrogens with zero attached hydrogens (tertiary/aromatic N) is 4. The standard InChI is InChI=1S/C23H21ClN4O5S/c1-4-26(5-2)22(30)19-13(3)25-23-27(20(19)14-6-8-15(24)9-7-14)21(29)17(34-23)12-16-10-11-18(33-16)28(31)32/h6-12,20H,4-5H2,1-3H3/b17-12-. The van der Waals surface area contributed by atoms with Gasteiger partial charge in [0.15, 0.2) is 4.80 Å². The fraction of sp³-hybridized carbons (Fsp3) is 0.261. The third kappa shape index (κ3) is 4.22. The molecule has 0 N–H and O–H groups in total. The van der Waals surface area contributed by atoms with Gasteiger partial charge in [-0.1, -0.05) is 35.1 Å². The minimum Gasteiger partial charge on any atom is -0.401 e. The van der Waals surface area contributed by atoms with Gasteiger partial charge in [-0.3, -0.25) is 24.3 Å². The number of nitro groups is 1. The van der Waals surface area contributed by atoms with E-state index < -0.39 is 16.8 Å². The second kappa shape index (κ2) is 9.40. The molecule has 34 heavy (non-hydrogen) atoms. The summed E-state index contributed by atoms with van der Waals surface area (Å²) in [4.78, 5) is 44.0. The summed E-state index contributed by atoms with van der Waals surface area (Å²) in [5.74, 6) is -0.432. The van der Waals surface area contributed by atoms with Crippen LogP contribution in [0.15, 0.2) is 61.9 Å². The second-order valence-electron chi connectivity index (χ2n) is 7.54. The first-order valence-corrected chi connectivity index (χ1v) is 11.8. The number of carbonyl (C=O) groups excluding carboxylic acids is 1. The number of benzene rings is 1. The molecule has 1 aliphatic heterocycles. The summed E-state index contributed by atoms with van der Waals surface area (Å²) in [6, 6.07) is 8.95. The maximum atomic E-state index is 13.5. The minimum absolute atomic E-state index is 0.176. The third-order valence-electron chi connectivity index (χ3n) is 5.55. The van der Waals surface area contributed by atoms with Crippen LogP contribution in [0.1, 0.15) is 38.1 Å². The SMILES string of the molecule is CCN(CC)C(=O)C1=C(C)N=c2s/c(=C\c3ccc([N+](=O)[O-])o3)c(=O)n2C1c1ccc(Cl)cc1. The highest BCUT2D eigenvalue weighted by Gasteiger charge is 2.34. The number of likely N-dealkylation sites (N-methyl/N-ethyl adjacent to an activating group) is 1. The molecule has 1 aromatic carbocycles. The molecule has 0 bridgehead atoms. The number of thiazole rings is 1. The summed E-state index contributed by atoms with van der Waals surface area (Å²) in [6.45, 7) is 6.58. The first-order chi connectivity index (χ1) is 16.2. The van der Waals surface area contributed by atoms with E-state index in [0.29, 0.717) is 34.2 Å². The Balaban J connectivity index is 1.93. The highest BCUT2D eigenvalue weighted by atomic mass is 35.5. The first-order valence-electron chi connectivity index (χ1n) is 10.6. The van der Waals surface area contributed by atoms with Crippen molar-refractivity contribution in [3.63, 3.8) is 0 Å². The molecule has 3 aromatic rings. The van der Waals surface area contributed by atoms with E-state index in [2.05, 4.69) is 4.99 Å². The van der Waals surface area contributed by atoms with E-state index in [0.717, 1.165) is 16.9 Å². The largest absolute Gasteiger partial charge is 0.433 e. The van der Waals surface area contributed by atoms with Gasteiger partial charge < -0.3 is 9.32 Å². The minimum atomic E-state index is -0.699. The Kier molecular flexibility index (Phi) is 6.54. The van der Waals surface area contributed by atoms with Crippen LogP contribution in [0.4, 0.5) is 5.88 Å². The fourth-order valence-electron chi connectivity index (χ4n) is 3.88. The van der Waals surface area contributed by atoms with Gasteiger partial charge in [0.25, 0.3) is 11.5 Å². The van der Waals surface area contributed by atoms with Gasteiger partial charge in [-0.15, -0.1) is 0 Å². The molecule has 0 aliphatic carbocycles. The summed E-state index contributed by atoms with van der Waals surface area (Å²) < 4.78 is 6.96. The quantitative estimate of drug-likeness (QED) is 0.381. The number of carbonyl (C=O) groups is 1. The predicted molar refractivity (Wildman–Crippen MR) is 129 cm³/mol. The van der Waals surface area contributed by atoms with Gasteiger partial charge in [-0.05, 0) is 44.5 Å². The van der Waals surface area contributed by atoms with Gasteiger partial charge in [0.1, 0.15) is 10.7 Å². The molecule has 1 amide bonds. The average Bonchev–Trinajstić information content (AvgIpc) is 3.39. The van der Waals surface area contributed by atoms with Gasteiger partial charge in [0, 0.05) is 24.2 Å². The Hall–Kier alpha value is -3.50. The zero-order chi connectivity index (χ0) is 24.6. The van der Waals surface area contributed by atoms with Crippen LogP contribution >= 0.6 is 22.9 Å². The Morgan fingerprint density at radius 3 is 2.53 bits per heavy atom. The first kappa shape index (κ1) is 23.7. The molecule has 4 rings (SSSR count). The van der Waals surface area contributed by atoms with E-state index in [4.69, 9.17) is 16.0 Å². The summed E-state index contributed by atoms with van der Waals surface area (Å²) >= 11 is 7.21. The Bertz CT molecular complexity index is 1480. The Morgan fingerprint density at radius 2 is 1.94 bits per heavy atom. The summed E-state index contributed by atoms with van der Waals surface area (Å²) in [7, 11) is 0. The van der Waals surface area contributed by atoms with Crippen molar-refractivity contribution in [3.05, 3.63) is 93.8 Å². The van der Waals surface area contributed by atoms with Crippen molar-refractivity contribution in [2.45, 2.75) is 26.8 Å². The van der Waals surface area contributed by atoms with Crippen molar-refractivity contribution in [1.82, 2.24) is 9.47 Å². The molecule has 176 valence electrons. The number of amides is 1. The number of fused-ring (bicyclic) bond motifs is 1. The fourth-order valence-corrected chi connectivity index (χ4v) is 5.04. The maximum absolute atomic E-state index is 13.5. The van der Waals surface area contributed by atoms with Crippen LogP contribution in [-0.4, -0.2) is 33.4 Å². The van der Waals surface area contributed by atoms with E-state index in [9.17, 15) is 19.7 Å². The number of halogens is 1. The molecule has 0 saturated heterocycles. The van der Waals surface area contributed by atoms with Crippen LogP contribution < -0.4 is 14.9 Å². The molecule has 1 atom stereocenters. The van der Waals surface area contributed by atoms with E-state index in [1.165, 1.54) is 22.8 Å². The van der Waals surface area contributed by atoms with Crippen LogP contribution in [0.5, 0.6) is 0 Å². The molecule has 0 radical (unpaired) electrons. The van der Waals surface area contributed by atoms with Crippen LogP contribution in [0.25, 0.3) is 6.08 Å². The number of hydrogen-bond donors (Lipinski definition) is 0. The molecule has 1 aliphatic rings. The molecule has 3 heterocycles. The van der Waals surface area contributed by atoms with Crippen molar-refractivity contribution in [2.24, 2.45) is 4.99 Å². The van der Waals surface area contributed by atoms with Crippen LogP contribution in [0, 0.1) is 10.1 Å². The Labute approximate surface area is 203 Å². The molecular formula is C23H21ClN4O5S. The van der Waals surface area contributed by atoms with Gasteiger partial charge in [-0.25, -0.2) is 4.99 Å². The molecule has 0 spiro atoms. The topological polar surface area (TPSA) is 111 Å². The normalized spacial score (nSPS) is 15.8. The lowest BCUT2D eigenvalue weighted by Gasteiger charge is -2.29. The lowest BCUT2D eigenvalue weighted by Crippen LogP contribution is -2.43. The zero-order valence-electron chi connectivity index (χ0n) is 18.6. The van der Waals surface area contributed by atoms with E-state index in [1.807, 2.05) is 13.8 Å². The summed E-state index contributed by atoms with van der Waals surface area (Å²) in [6.07, 6.45) is 1.45. The van der Waals surface area contributed by atoms with Crippen molar-refractivity contribution < 1.29 is 14.1 Å². The zero-order valence-corrected chi connectivity index (χ0v) is 20.2.